The largest absolute Gasteiger partial charge is 0.522 e. The van der Waals surface area contributed by atoms with Gasteiger partial charge >= 0.3 is 12.5 Å². The zero-order valence-corrected chi connectivity index (χ0v) is 16.3. The molecule has 2 bridgehead atoms. The van der Waals surface area contributed by atoms with Crippen LogP contribution in [0.15, 0.2) is 0 Å². The van der Waals surface area contributed by atoms with Crippen molar-refractivity contribution in [2.24, 2.45) is 0 Å². The van der Waals surface area contributed by atoms with Crippen LogP contribution in [0.4, 0.5) is 18.0 Å². The van der Waals surface area contributed by atoms with Gasteiger partial charge in [0, 0.05) is 6.04 Å². The molecule has 7 nitrogen and oxygen atoms in total. The lowest BCUT2D eigenvalue weighted by Crippen LogP contribution is -2.67. The Morgan fingerprint density at radius 1 is 1.07 bits per heavy atom. The number of ether oxygens (including phenoxy) is 3. The number of hydrogen-bond acceptors (Lipinski definition) is 5. The minimum absolute atomic E-state index is 0.130. The minimum atomic E-state index is -4.65. The lowest BCUT2D eigenvalue weighted by Gasteiger charge is -2.52. The maximum absolute atomic E-state index is 12.7. The summed E-state index contributed by atoms with van der Waals surface area (Å²) in [5.74, 6) is -0.298. The number of fused-ring (bicyclic) bond motifs is 3. The third-order valence-corrected chi connectivity index (χ3v) is 5.55. The number of halogens is 3. The molecule has 2 heterocycles. The summed E-state index contributed by atoms with van der Waals surface area (Å²) >= 11 is 0. The molecule has 2 saturated heterocycles. The Morgan fingerprint density at radius 3 is 2.14 bits per heavy atom. The van der Waals surface area contributed by atoms with Gasteiger partial charge < -0.3 is 20.1 Å². The van der Waals surface area contributed by atoms with Gasteiger partial charge in [0.25, 0.3) is 5.91 Å². The summed E-state index contributed by atoms with van der Waals surface area (Å²) in [4.78, 5) is 24.8. The standard InChI is InChI=1S/C18H27F3N2O5/c1-15(2,3)28-14(25)23-16-4-6-17(7-5-16,26-10-16)13(24)22-11-8-12(9-11)27-18(19,20)21/h11-12H,4-10H2,1-3H3,(H,22,24)(H,23,25)/t11-,12+,16?,17?. The number of rotatable bonds is 4. The molecule has 4 fully saturated rings. The van der Waals surface area contributed by atoms with Crippen molar-refractivity contribution in [2.75, 3.05) is 6.61 Å². The molecule has 0 aromatic rings. The van der Waals surface area contributed by atoms with Crippen LogP contribution in [-0.2, 0) is 19.0 Å². The van der Waals surface area contributed by atoms with Crippen molar-refractivity contribution >= 4 is 12.0 Å². The van der Waals surface area contributed by atoms with Gasteiger partial charge in [-0.1, -0.05) is 0 Å². The quantitative estimate of drug-likeness (QED) is 0.747. The highest BCUT2D eigenvalue weighted by Crippen LogP contribution is 2.44. The van der Waals surface area contributed by atoms with E-state index in [1.165, 1.54) is 0 Å². The van der Waals surface area contributed by atoms with Crippen LogP contribution < -0.4 is 10.6 Å². The first kappa shape index (κ1) is 21.2. The van der Waals surface area contributed by atoms with Crippen molar-refractivity contribution in [2.45, 2.75) is 94.5 Å². The minimum Gasteiger partial charge on any atom is -0.444 e. The third-order valence-electron chi connectivity index (χ3n) is 5.55. The molecule has 2 aliphatic heterocycles. The normalized spacial score (nSPS) is 35.1. The fourth-order valence-corrected chi connectivity index (χ4v) is 3.96. The van der Waals surface area contributed by atoms with Crippen molar-refractivity contribution in [3.63, 3.8) is 0 Å². The second kappa shape index (κ2) is 7.05. The van der Waals surface area contributed by atoms with E-state index in [1.807, 2.05) is 0 Å². The molecule has 4 aliphatic rings. The SMILES string of the molecule is CC(C)(C)OC(=O)NC12CCC(C(=O)N[C@H]3C[C@@H](OC(F)(F)F)C3)(CC1)OC2. The topological polar surface area (TPSA) is 85.9 Å². The number of hydrogen-bond donors (Lipinski definition) is 2. The average molecular weight is 408 g/mol. The Balaban J connectivity index is 1.47. The maximum atomic E-state index is 12.7. The highest BCUT2D eigenvalue weighted by atomic mass is 19.4. The van der Waals surface area contributed by atoms with Crippen molar-refractivity contribution in [3.8, 4) is 0 Å². The molecule has 2 saturated carbocycles. The Hall–Kier alpha value is -1.55. The maximum Gasteiger partial charge on any atom is 0.522 e. The molecule has 4 rings (SSSR count). The molecule has 0 radical (unpaired) electrons. The summed E-state index contributed by atoms with van der Waals surface area (Å²) in [6.07, 6.45) is -3.80. The van der Waals surface area contributed by atoms with E-state index in [2.05, 4.69) is 15.4 Å². The van der Waals surface area contributed by atoms with Crippen LogP contribution >= 0.6 is 0 Å². The molecule has 160 valence electrons. The molecule has 0 unspecified atom stereocenters. The predicted octanol–water partition coefficient (Wildman–Crippen LogP) is 2.78. The van der Waals surface area contributed by atoms with Gasteiger partial charge in [-0.25, -0.2) is 4.79 Å². The zero-order chi connectivity index (χ0) is 20.8. The molecule has 2 aliphatic carbocycles. The van der Waals surface area contributed by atoms with Gasteiger partial charge in [-0.3, -0.25) is 9.53 Å². The van der Waals surface area contributed by atoms with Crippen LogP contribution in [-0.4, -0.2) is 53.9 Å². The summed E-state index contributed by atoms with van der Waals surface area (Å²) < 4.78 is 51.6. The van der Waals surface area contributed by atoms with E-state index in [9.17, 15) is 22.8 Å². The first-order chi connectivity index (χ1) is 12.8. The van der Waals surface area contributed by atoms with Crippen LogP contribution in [0, 0.1) is 0 Å². The second-order valence-corrected chi connectivity index (χ2v) is 9.02. The van der Waals surface area contributed by atoms with Gasteiger partial charge in [-0.15, -0.1) is 13.2 Å². The fraction of sp³-hybridized carbons (Fsp3) is 0.889. The molecule has 10 heteroatoms. The van der Waals surface area contributed by atoms with Crippen LogP contribution in [0.5, 0.6) is 0 Å². The van der Waals surface area contributed by atoms with Crippen LogP contribution in [0.3, 0.4) is 0 Å². The Morgan fingerprint density at radius 2 is 1.68 bits per heavy atom. The zero-order valence-electron chi connectivity index (χ0n) is 16.3. The molecule has 0 aromatic heterocycles. The van der Waals surface area contributed by atoms with E-state index in [0.717, 1.165) is 0 Å². The third kappa shape index (κ3) is 4.89. The Bertz CT molecular complexity index is 601. The lowest BCUT2D eigenvalue weighted by atomic mass is 9.70. The van der Waals surface area contributed by atoms with Gasteiger partial charge in [-0.05, 0) is 59.3 Å². The second-order valence-electron chi connectivity index (χ2n) is 9.02. The Kier molecular flexibility index (Phi) is 5.33. The van der Waals surface area contributed by atoms with Crippen molar-refractivity contribution in [1.82, 2.24) is 10.6 Å². The predicted molar refractivity (Wildman–Crippen MR) is 91.3 cm³/mol. The molecule has 0 aromatic carbocycles. The summed E-state index contributed by atoms with van der Waals surface area (Å²) in [6, 6.07) is -0.341. The molecule has 0 spiro atoms. The van der Waals surface area contributed by atoms with E-state index in [0.29, 0.717) is 25.7 Å². The van der Waals surface area contributed by atoms with Crippen LogP contribution in [0.2, 0.25) is 0 Å². The van der Waals surface area contributed by atoms with E-state index in [-0.39, 0.29) is 31.4 Å². The molecule has 0 atom stereocenters. The van der Waals surface area contributed by atoms with E-state index < -0.39 is 35.3 Å². The highest BCUT2D eigenvalue weighted by Gasteiger charge is 2.55. The van der Waals surface area contributed by atoms with Gasteiger partial charge in [0.1, 0.15) is 11.2 Å². The van der Waals surface area contributed by atoms with Crippen LogP contribution in [0.25, 0.3) is 0 Å². The molecule has 28 heavy (non-hydrogen) atoms. The van der Waals surface area contributed by atoms with Crippen molar-refractivity contribution < 1.29 is 37.0 Å². The smallest absolute Gasteiger partial charge is 0.444 e. The molecule has 2 amide bonds. The average Bonchev–Trinajstić information content (AvgIpc) is 2.51. The highest BCUT2D eigenvalue weighted by molar-refractivity contribution is 5.86. The first-order valence-corrected chi connectivity index (χ1v) is 9.51. The van der Waals surface area contributed by atoms with Crippen molar-refractivity contribution in [1.29, 1.82) is 0 Å². The van der Waals surface area contributed by atoms with Gasteiger partial charge in [0.2, 0.25) is 0 Å². The van der Waals surface area contributed by atoms with Crippen molar-refractivity contribution in [3.05, 3.63) is 0 Å². The summed E-state index contributed by atoms with van der Waals surface area (Å²) in [5.41, 5.74) is -2.13. The Labute approximate surface area is 161 Å². The number of alkyl halides is 3. The van der Waals surface area contributed by atoms with Gasteiger partial charge in [0.05, 0.1) is 18.2 Å². The summed E-state index contributed by atoms with van der Waals surface area (Å²) in [6.45, 7) is 5.54. The number of alkyl carbamates (subject to hydrolysis) is 1. The summed E-state index contributed by atoms with van der Waals surface area (Å²) in [5, 5.41) is 5.66. The molecular weight excluding hydrogens is 381 g/mol. The number of nitrogens with one attached hydrogen (secondary N) is 2. The summed E-state index contributed by atoms with van der Waals surface area (Å²) in [7, 11) is 0. The van der Waals surface area contributed by atoms with Crippen LogP contribution in [0.1, 0.15) is 59.3 Å². The van der Waals surface area contributed by atoms with Gasteiger partial charge in [-0.2, -0.15) is 0 Å². The van der Waals surface area contributed by atoms with E-state index >= 15 is 0 Å². The number of amides is 2. The first-order valence-electron chi connectivity index (χ1n) is 9.51. The fourth-order valence-electron chi connectivity index (χ4n) is 3.96. The van der Waals surface area contributed by atoms with E-state index in [1.54, 1.807) is 20.8 Å². The monoisotopic (exact) mass is 408 g/mol. The molecular formula is C18H27F3N2O5. The number of carbonyl (C=O) groups is 2. The molecule has 2 N–H and O–H groups in total. The number of carbonyl (C=O) groups excluding carboxylic acids is 2. The lowest BCUT2D eigenvalue weighted by molar-refractivity contribution is -0.351. The van der Waals surface area contributed by atoms with Gasteiger partial charge in [0.15, 0.2) is 0 Å². The van der Waals surface area contributed by atoms with E-state index in [4.69, 9.17) is 9.47 Å².